The monoisotopic (exact) mass is 308 g/mol. The van der Waals surface area contributed by atoms with Crippen molar-refractivity contribution in [3.8, 4) is 0 Å². The predicted octanol–water partition coefficient (Wildman–Crippen LogP) is 3.39. The Morgan fingerprint density at radius 3 is 2.61 bits per heavy atom. The molecule has 0 bridgehead atoms. The topological polar surface area (TPSA) is 59.9 Å². The zero-order valence-electron chi connectivity index (χ0n) is 13.4. The number of benzene rings is 1. The lowest BCUT2D eigenvalue weighted by Crippen LogP contribution is -2.36. The van der Waals surface area contributed by atoms with E-state index >= 15 is 0 Å². The third kappa shape index (κ3) is 3.00. The third-order valence-electron chi connectivity index (χ3n) is 4.21. The second-order valence-electron chi connectivity index (χ2n) is 5.37. The van der Waals surface area contributed by atoms with E-state index in [1.807, 2.05) is 30.3 Å². The van der Waals surface area contributed by atoms with Crippen LogP contribution in [0, 0.1) is 0 Å². The molecule has 0 spiro atoms. The van der Waals surface area contributed by atoms with Crippen LogP contribution in [0.2, 0.25) is 0 Å². The van der Waals surface area contributed by atoms with Crippen molar-refractivity contribution in [2.24, 2.45) is 0 Å². The van der Waals surface area contributed by atoms with Crippen LogP contribution < -0.4 is 5.32 Å². The van der Waals surface area contributed by atoms with Crippen molar-refractivity contribution in [2.75, 3.05) is 19.0 Å². The zero-order chi connectivity index (χ0) is 16.1. The van der Waals surface area contributed by atoms with E-state index in [-0.39, 0.29) is 0 Å². The first-order valence-corrected chi connectivity index (χ1v) is 7.69. The third-order valence-corrected chi connectivity index (χ3v) is 4.21. The van der Waals surface area contributed by atoms with E-state index in [2.05, 4.69) is 39.3 Å². The van der Waals surface area contributed by atoms with Crippen LogP contribution >= 0.6 is 0 Å². The van der Waals surface area contributed by atoms with Crippen LogP contribution in [-0.2, 0) is 10.3 Å². The molecule has 1 N–H and O–H groups in total. The Kier molecular flexibility index (Phi) is 4.48. The first-order valence-electron chi connectivity index (χ1n) is 7.69. The number of nitrogens with zero attached hydrogens (tertiary/aromatic N) is 3. The molecular formula is C18H20N4O. The highest BCUT2D eigenvalue weighted by Crippen LogP contribution is 2.29. The SMILES string of the molecule is CCC(CNc1ncnc2ncccc12)(OC)c1ccccc1. The number of ether oxygens (including phenoxy) is 1. The first kappa shape index (κ1) is 15.4. The van der Waals surface area contributed by atoms with Crippen LogP contribution in [0.3, 0.4) is 0 Å². The van der Waals surface area contributed by atoms with Crippen LogP contribution in [0.25, 0.3) is 11.0 Å². The first-order chi connectivity index (χ1) is 11.3. The number of hydrogen-bond acceptors (Lipinski definition) is 5. The summed E-state index contributed by atoms with van der Waals surface area (Å²) in [6, 6.07) is 14.1. The molecule has 0 saturated heterocycles. The minimum absolute atomic E-state index is 0.402. The second-order valence-corrected chi connectivity index (χ2v) is 5.37. The molecule has 0 aliphatic rings. The Labute approximate surface area is 135 Å². The van der Waals surface area contributed by atoms with Gasteiger partial charge >= 0.3 is 0 Å². The highest BCUT2D eigenvalue weighted by atomic mass is 16.5. The van der Waals surface area contributed by atoms with Crippen LogP contribution in [0.1, 0.15) is 18.9 Å². The van der Waals surface area contributed by atoms with E-state index in [1.165, 1.54) is 6.33 Å². The van der Waals surface area contributed by atoms with Crippen molar-refractivity contribution in [3.05, 3.63) is 60.6 Å². The van der Waals surface area contributed by atoms with Gasteiger partial charge in [0.15, 0.2) is 5.65 Å². The van der Waals surface area contributed by atoms with Crippen molar-refractivity contribution in [2.45, 2.75) is 18.9 Å². The van der Waals surface area contributed by atoms with Gasteiger partial charge < -0.3 is 10.1 Å². The number of aromatic nitrogens is 3. The van der Waals surface area contributed by atoms with Gasteiger partial charge in [-0.1, -0.05) is 37.3 Å². The normalized spacial score (nSPS) is 13.7. The van der Waals surface area contributed by atoms with Gasteiger partial charge in [-0.05, 0) is 24.1 Å². The van der Waals surface area contributed by atoms with Gasteiger partial charge in [0.1, 0.15) is 17.7 Å². The molecule has 2 aromatic heterocycles. The van der Waals surface area contributed by atoms with E-state index in [1.54, 1.807) is 13.3 Å². The van der Waals surface area contributed by atoms with E-state index in [9.17, 15) is 0 Å². The molecular weight excluding hydrogens is 288 g/mol. The van der Waals surface area contributed by atoms with Gasteiger partial charge in [0.2, 0.25) is 0 Å². The van der Waals surface area contributed by atoms with Gasteiger partial charge in [-0.3, -0.25) is 0 Å². The summed E-state index contributed by atoms with van der Waals surface area (Å²) in [5, 5.41) is 4.32. The second kappa shape index (κ2) is 6.71. The van der Waals surface area contributed by atoms with E-state index in [4.69, 9.17) is 4.74 Å². The largest absolute Gasteiger partial charge is 0.372 e. The van der Waals surface area contributed by atoms with Crippen LogP contribution in [0.4, 0.5) is 5.82 Å². The molecule has 0 aliphatic carbocycles. The van der Waals surface area contributed by atoms with Crippen molar-refractivity contribution < 1.29 is 4.74 Å². The molecule has 0 amide bonds. The lowest BCUT2D eigenvalue weighted by atomic mass is 9.90. The zero-order valence-corrected chi connectivity index (χ0v) is 13.4. The number of hydrogen-bond donors (Lipinski definition) is 1. The fourth-order valence-corrected chi connectivity index (χ4v) is 2.77. The van der Waals surface area contributed by atoms with Gasteiger partial charge in [0.05, 0.1) is 5.39 Å². The summed E-state index contributed by atoms with van der Waals surface area (Å²) >= 11 is 0. The smallest absolute Gasteiger partial charge is 0.164 e. The van der Waals surface area contributed by atoms with Gasteiger partial charge in [-0.25, -0.2) is 15.0 Å². The Balaban J connectivity index is 1.90. The van der Waals surface area contributed by atoms with E-state index in [0.29, 0.717) is 12.2 Å². The summed E-state index contributed by atoms with van der Waals surface area (Å²) in [5.74, 6) is 0.772. The summed E-state index contributed by atoms with van der Waals surface area (Å²) in [6.07, 6.45) is 4.11. The van der Waals surface area contributed by atoms with Crippen LogP contribution in [0.15, 0.2) is 55.0 Å². The molecule has 1 unspecified atom stereocenters. The number of rotatable bonds is 6. The number of nitrogens with one attached hydrogen (secondary N) is 1. The molecule has 1 atom stereocenters. The summed E-state index contributed by atoms with van der Waals surface area (Å²) in [7, 11) is 1.75. The van der Waals surface area contributed by atoms with Gasteiger partial charge in [0, 0.05) is 19.9 Å². The fraction of sp³-hybridized carbons (Fsp3) is 0.278. The summed E-state index contributed by atoms with van der Waals surface area (Å²) in [5.41, 5.74) is 1.43. The number of methoxy groups -OCH3 is 1. The molecule has 118 valence electrons. The number of anilines is 1. The molecule has 0 fully saturated rings. The molecule has 3 rings (SSSR count). The fourth-order valence-electron chi connectivity index (χ4n) is 2.77. The maximum Gasteiger partial charge on any atom is 0.164 e. The Bertz CT molecular complexity index is 767. The molecule has 5 heteroatoms. The van der Waals surface area contributed by atoms with Gasteiger partial charge in [-0.15, -0.1) is 0 Å². The van der Waals surface area contributed by atoms with Crippen molar-refractivity contribution in [1.29, 1.82) is 0 Å². The average Bonchev–Trinajstić information content (AvgIpc) is 2.64. The molecule has 0 aliphatic heterocycles. The maximum atomic E-state index is 5.89. The lowest BCUT2D eigenvalue weighted by molar-refractivity contribution is -0.00668. The van der Waals surface area contributed by atoms with Gasteiger partial charge in [0.25, 0.3) is 0 Å². The predicted molar refractivity (Wildman–Crippen MR) is 91.2 cm³/mol. The minimum atomic E-state index is -0.402. The van der Waals surface area contributed by atoms with Crippen LogP contribution in [-0.4, -0.2) is 28.6 Å². The van der Waals surface area contributed by atoms with Crippen molar-refractivity contribution >= 4 is 16.9 Å². The molecule has 0 saturated carbocycles. The van der Waals surface area contributed by atoms with E-state index < -0.39 is 5.60 Å². The quantitative estimate of drug-likeness (QED) is 0.756. The molecule has 1 aromatic carbocycles. The maximum absolute atomic E-state index is 5.89. The van der Waals surface area contributed by atoms with Crippen molar-refractivity contribution in [3.63, 3.8) is 0 Å². The number of pyridine rings is 1. The molecule has 23 heavy (non-hydrogen) atoms. The van der Waals surface area contributed by atoms with E-state index in [0.717, 1.165) is 23.2 Å². The number of fused-ring (bicyclic) bond motifs is 1. The highest BCUT2D eigenvalue weighted by Gasteiger charge is 2.30. The lowest BCUT2D eigenvalue weighted by Gasteiger charge is -2.32. The Morgan fingerprint density at radius 1 is 1.04 bits per heavy atom. The van der Waals surface area contributed by atoms with Gasteiger partial charge in [-0.2, -0.15) is 0 Å². The Hall–Kier alpha value is -2.53. The molecule has 3 aromatic rings. The summed E-state index contributed by atoms with van der Waals surface area (Å²) in [4.78, 5) is 12.8. The minimum Gasteiger partial charge on any atom is -0.372 e. The standard InChI is InChI=1S/C18H20N4O/c1-3-18(23-2,14-8-5-4-6-9-14)12-20-17-15-10-7-11-19-16(15)21-13-22-17/h4-11,13H,3,12H2,1-2H3,(H,19,20,21,22). The summed E-state index contributed by atoms with van der Waals surface area (Å²) in [6.45, 7) is 2.74. The molecule has 5 nitrogen and oxygen atoms in total. The average molecular weight is 308 g/mol. The van der Waals surface area contributed by atoms with Crippen LogP contribution in [0.5, 0.6) is 0 Å². The highest BCUT2D eigenvalue weighted by molar-refractivity contribution is 5.85. The molecule has 0 radical (unpaired) electrons. The van der Waals surface area contributed by atoms with Crippen molar-refractivity contribution in [1.82, 2.24) is 15.0 Å². The Morgan fingerprint density at radius 2 is 1.87 bits per heavy atom. The molecule has 2 heterocycles. The summed E-state index contributed by atoms with van der Waals surface area (Å²) < 4.78 is 5.89.